The molecular weight excluding hydrogens is 296 g/mol. The normalized spacial score (nSPS) is 12.8. The molecule has 0 heterocycles. The Bertz CT molecular complexity index is 280. The molecule has 0 saturated carbocycles. The minimum Gasteiger partial charge on any atom is -0.343 e. The van der Waals surface area contributed by atoms with E-state index in [-0.39, 0.29) is 5.91 Å². The minimum atomic E-state index is 0.218. The molecule has 1 atom stereocenters. The van der Waals surface area contributed by atoms with Crippen molar-refractivity contribution in [2.75, 3.05) is 19.8 Å². The summed E-state index contributed by atoms with van der Waals surface area (Å²) in [5.41, 5.74) is 0. The lowest BCUT2D eigenvalue weighted by atomic mass is 9.96. The summed E-state index contributed by atoms with van der Waals surface area (Å²) in [5, 5.41) is 3.16. The van der Waals surface area contributed by atoms with Crippen molar-refractivity contribution in [3.8, 4) is 0 Å². The van der Waals surface area contributed by atoms with Gasteiger partial charge in [-0.1, -0.05) is 73.1 Å². The Morgan fingerprint density at radius 3 is 1.88 bits per heavy atom. The van der Waals surface area contributed by atoms with Gasteiger partial charge in [0.1, 0.15) is 0 Å². The maximum absolute atomic E-state index is 12.2. The number of rotatable bonds is 16. The second-order valence-corrected chi connectivity index (χ2v) is 7.94. The fourth-order valence-corrected chi connectivity index (χ4v) is 3.27. The third-order valence-electron chi connectivity index (χ3n) is 4.56. The van der Waals surface area contributed by atoms with Crippen LogP contribution in [0.2, 0.25) is 0 Å². The molecule has 0 saturated heterocycles. The van der Waals surface area contributed by atoms with Crippen molar-refractivity contribution in [1.82, 2.24) is 10.2 Å². The van der Waals surface area contributed by atoms with Gasteiger partial charge < -0.3 is 5.32 Å². The molecule has 0 aromatic rings. The highest BCUT2D eigenvalue weighted by Gasteiger charge is 2.12. The van der Waals surface area contributed by atoms with E-state index in [4.69, 9.17) is 0 Å². The zero-order valence-electron chi connectivity index (χ0n) is 17.2. The summed E-state index contributed by atoms with van der Waals surface area (Å²) in [6.45, 7) is 14.1. The maximum atomic E-state index is 12.2. The van der Waals surface area contributed by atoms with Gasteiger partial charge in [0.15, 0.2) is 0 Å². The average molecular weight is 341 g/mol. The number of carbonyl (C=O) groups excluding carboxylic acids is 1. The van der Waals surface area contributed by atoms with E-state index in [1.807, 2.05) is 0 Å². The van der Waals surface area contributed by atoms with Crippen LogP contribution in [0.3, 0.4) is 0 Å². The van der Waals surface area contributed by atoms with Crippen LogP contribution < -0.4 is 5.32 Å². The van der Waals surface area contributed by atoms with Crippen molar-refractivity contribution >= 4 is 5.91 Å². The number of nitrogens with zero attached hydrogens (tertiary/aromatic N) is 1. The number of nitrogens with one attached hydrogen (secondary N) is 1. The molecule has 0 aliphatic rings. The van der Waals surface area contributed by atoms with Gasteiger partial charge >= 0.3 is 0 Å². The summed E-state index contributed by atoms with van der Waals surface area (Å²) < 4.78 is 0. The molecule has 0 aliphatic carbocycles. The molecule has 0 radical (unpaired) electrons. The van der Waals surface area contributed by atoms with E-state index in [1.165, 1.54) is 51.4 Å². The summed E-state index contributed by atoms with van der Waals surface area (Å²) in [5.74, 6) is 1.37. The molecule has 0 rings (SSSR count). The molecule has 24 heavy (non-hydrogen) atoms. The molecule has 1 unspecified atom stereocenters. The number of unbranched alkanes of at least 4 members (excludes halogenated alkanes) is 6. The third-order valence-corrected chi connectivity index (χ3v) is 4.56. The van der Waals surface area contributed by atoms with E-state index in [9.17, 15) is 4.79 Å². The molecule has 1 amide bonds. The number of hydrogen-bond acceptors (Lipinski definition) is 2. The first-order valence-corrected chi connectivity index (χ1v) is 10.5. The Morgan fingerprint density at radius 1 is 0.875 bits per heavy atom. The molecule has 0 fully saturated rings. The van der Waals surface area contributed by atoms with Crippen LogP contribution in [-0.4, -0.2) is 30.6 Å². The SMILES string of the molecule is CCCCCCN(CCCCCC)CNC(=O)CC(C)CC(C)C. The molecule has 3 heteroatoms. The Morgan fingerprint density at radius 2 is 1.42 bits per heavy atom. The number of hydrogen-bond donors (Lipinski definition) is 1. The summed E-state index contributed by atoms with van der Waals surface area (Å²) in [4.78, 5) is 14.6. The third kappa shape index (κ3) is 15.0. The quantitative estimate of drug-likeness (QED) is 0.293. The summed E-state index contributed by atoms with van der Waals surface area (Å²) >= 11 is 0. The summed E-state index contributed by atoms with van der Waals surface area (Å²) in [7, 11) is 0. The van der Waals surface area contributed by atoms with E-state index < -0.39 is 0 Å². The number of amides is 1. The standard InChI is InChI=1S/C21H44N2O/c1-6-8-10-12-14-23(15-13-11-9-7-2)18-22-21(24)17-20(5)16-19(3)4/h19-20H,6-18H2,1-5H3,(H,22,24). The van der Waals surface area contributed by atoms with Gasteiger partial charge in [0.25, 0.3) is 0 Å². The highest BCUT2D eigenvalue weighted by Crippen LogP contribution is 2.14. The van der Waals surface area contributed by atoms with Gasteiger partial charge in [0.05, 0.1) is 6.67 Å². The smallest absolute Gasteiger partial charge is 0.221 e. The molecule has 0 aliphatic heterocycles. The van der Waals surface area contributed by atoms with Crippen LogP contribution in [0, 0.1) is 11.8 Å². The van der Waals surface area contributed by atoms with Crippen LogP contribution in [0.4, 0.5) is 0 Å². The lowest BCUT2D eigenvalue weighted by Gasteiger charge is -2.23. The average Bonchev–Trinajstić information content (AvgIpc) is 2.51. The monoisotopic (exact) mass is 340 g/mol. The summed E-state index contributed by atoms with van der Waals surface area (Å²) in [6, 6.07) is 0. The first-order chi connectivity index (χ1) is 11.5. The highest BCUT2D eigenvalue weighted by molar-refractivity contribution is 5.75. The predicted molar refractivity (Wildman–Crippen MR) is 106 cm³/mol. The van der Waals surface area contributed by atoms with Crippen molar-refractivity contribution in [2.24, 2.45) is 11.8 Å². The van der Waals surface area contributed by atoms with Crippen LogP contribution in [0.15, 0.2) is 0 Å². The highest BCUT2D eigenvalue weighted by atomic mass is 16.1. The van der Waals surface area contributed by atoms with Crippen LogP contribution in [-0.2, 0) is 4.79 Å². The van der Waals surface area contributed by atoms with Crippen molar-refractivity contribution in [3.63, 3.8) is 0 Å². The second-order valence-electron chi connectivity index (χ2n) is 7.94. The zero-order chi connectivity index (χ0) is 18.2. The Hall–Kier alpha value is -0.570. The molecule has 144 valence electrons. The van der Waals surface area contributed by atoms with Crippen molar-refractivity contribution in [2.45, 2.75) is 98.8 Å². The van der Waals surface area contributed by atoms with E-state index in [0.717, 1.165) is 26.2 Å². The number of carbonyl (C=O) groups is 1. The maximum Gasteiger partial charge on any atom is 0.221 e. The minimum absolute atomic E-state index is 0.218. The van der Waals surface area contributed by atoms with E-state index in [1.54, 1.807) is 0 Å². The molecular formula is C21H44N2O. The van der Waals surface area contributed by atoms with Gasteiger partial charge in [-0.15, -0.1) is 0 Å². The molecule has 0 spiro atoms. The zero-order valence-corrected chi connectivity index (χ0v) is 17.2. The van der Waals surface area contributed by atoms with Gasteiger partial charge in [0.2, 0.25) is 5.91 Å². The van der Waals surface area contributed by atoms with Gasteiger partial charge in [-0.25, -0.2) is 0 Å². The van der Waals surface area contributed by atoms with E-state index in [2.05, 4.69) is 44.8 Å². The summed E-state index contributed by atoms with van der Waals surface area (Å²) in [6.07, 6.45) is 12.1. The Balaban J connectivity index is 4.08. The molecule has 3 nitrogen and oxygen atoms in total. The lowest BCUT2D eigenvalue weighted by molar-refractivity contribution is -0.122. The van der Waals surface area contributed by atoms with Crippen LogP contribution in [0.25, 0.3) is 0 Å². The van der Waals surface area contributed by atoms with Crippen LogP contribution in [0.5, 0.6) is 0 Å². The molecule has 0 aromatic carbocycles. The van der Waals surface area contributed by atoms with Gasteiger partial charge in [-0.2, -0.15) is 0 Å². The first-order valence-electron chi connectivity index (χ1n) is 10.5. The van der Waals surface area contributed by atoms with Crippen molar-refractivity contribution in [3.05, 3.63) is 0 Å². The fourth-order valence-electron chi connectivity index (χ4n) is 3.27. The van der Waals surface area contributed by atoms with Gasteiger partial charge in [0, 0.05) is 6.42 Å². The largest absolute Gasteiger partial charge is 0.343 e. The second kappa shape index (κ2) is 15.9. The van der Waals surface area contributed by atoms with Crippen LogP contribution in [0.1, 0.15) is 98.8 Å². The Labute approximate surface area is 152 Å². The van der Waals surface area contributed by atoms with Gasteiger partial charge in [-0.05, 0) is 44.2 Å². The fraction of sp³-hybridized carbons (Fsp3) is 0.952. The van der Waals surface area contributed by atoms with E-state index in [0.29, 0.717) is 18.3 Å². The predicted octanol–water partition coefficient (Wildman–Crippen LogP) is 5.60. The van der Waals surface area contributed by atoms with Crippen molar-refractivity contribution in [1.29, 1.82) is 0 Å². The lowest BCUT2D eigenvalue weighted by Crippen LogP contribution is -2.39. The van der Waals surface area contributed by atoms with Crippen molar-refractivity contribution < 1.29 is 4.79 Å². The van der Waals surface area contributed by atoms with Crippen LogP contribution >= 0.6 is 0 Å². The molecule has 1 N–H and O–H groups in total. The Kier molecular flexibility index (Phi) is 15.6. The van der Waals surface area contributed by atoms with E-state index >= 15 is 0 Å². The first kappa shape index (κ1) is 23.4. The molecule has 0 aromatic heterocycles. The topological polar surface area (TPSA) is 32.3 Å². The van der Waals surface area contributed by atoms with Gasteiger partial charge in [-0.3, -0.25) is 9.69 Å². The molecule has 0 bridgehead atoms.